The van der Waals surface area contributed by atoms with E-state index in [0.717, 1.165) is 11.4 Å². The van der Waals surface area contributed by atoms with Crippen LogP contribution in [0.25, 0.3) is 10.1 Å². The first kappa shape index (κ1) is 15.4. The summed E-state index contributed by atoms with van der Waals surface area (Å²) in [6.45, 7) is 3.01. The number of fused-ring (bicyclic) bond motifs is 1. The summed E-state index contributed by atoms with van der Waals surface area (Å²) in [4.78, 5) is 0.876. The lowest BCUT2D eigenvalue weighted by Gasteiger charge is -2.13. The number of hydrogen-bond donors (Lipinski definition) is 1. The Labute approximate surface area is 137 Å². The van der Waals surface area contributed by atoms with E-state index in [1.54, 1.807) is 17.6 Å². The third-order valence-corrected chi connectivity index (χ3v) is 5.76. The van der Waals surface area contributed by atoms with Crippen molar-refractivity contribution in [1.29, 1.82) is 0 Å². The summed E-state index contributed by atoms with van der Waals surface area (Å²) < 4.78 is 12.7. The first-order valence-corrected chi connectivity index (χ1v) is 9.71. The predicted octanol–water partition coefficient (Wildman–Crippen LogP) is 4.49. The first-order chi connectivity index (χ1) is 10.6. The maximum absolute atomic E-state index is 11.4. The van der Waals surface area contributed by atoms with E-state index in [0.29, 0.717) is 6.04 Å². The van der Waals surface area contributed by atoms with Crippen molar-refractivity contribution < 1.29 is 4.21 Å². The lowest BCUT2D eigenvalue weighted by atomic mass is 10.1. The zero-order valence-corrected chi connectivity index (χ0v) is 14.3. The van der Waals surface area contributed by atoms with Crippen LogP contribution in [0.5, 0.6) is 0 Å². The molecule has 0 aliphatic rings. The molecule has 0 saturated heterocycles. The van der Waals surface area contributed by atoms with E-state index in [1.165, 1.54) is 21.2 Å². The Bertz CT molecular complexity index is 792. The van der Waals surface area contributed by atoms with E-state index in [2.05, 4.69) is 41.9 Å². The average molecular weight is 329 g/mol. The molecule has 22 heavy (non-hydrogen) atoms. The molecule has 0 amide bonds. The third-order valence-electron chi connectivity index (χ3n) is 3.85. The zero-order chi connectivity index (χ0) is 15.5. The van der Waals surface area contributed by atoms with Crippen molar-refractivity contribution in [3.05, 3.63) is 65.0 Å². The number of rotatable bonds is 5. The van der Waals surface area contributed by atoms with Gasteiger partial charge < -0.3 is 5.32 Å². The van der Waals surface area contributed by atoms with Crippen LogP contribution in [0.4, 0.5) is 0 Å². The van der Waals surface area contributed by atoms with Gasteiger partial charge in [0.05, 0.1) is 0 Å². The van der Waals surface area contributed by atoms with Gasteiger partial charge in [-0.15, -0.1) is 11.3 Å². The molecule has 3 aromatic rings. The molecule has 4 heteroatoms. The summed E-state index contributed by atoms with van der Waals surface area (Å²) in [6.07, 6.45) is 1.71. The standard InChI is InChI=1S/C18H19NOS2/c1-13(17-12-21-18-6-4-3-5-16(17)18)19-11-14-7-9-15(10-8-14)22(2)20/h3-10,12-13,19H,11H2,1-2H3/t13-,22+/m0/s1. The molecule has 2 atom stereocenters. The van der Waals surface area contributed by atoms with Gasteiger partial charge in [0, 0.05) is 39.2 Å². The monoisotopic (exact) mass is 329 g/mol. The number of benzene rings is 2. The normalized spacial score (nSPS) is 14.1. The van der Waals surface area contributed by atoms with Crippen LogP contribution in [-0.4, -0.2) is 10.5 Å². The summed E-state index contributed by atoms with van der Waals surface area (Å²) in [5.74, 6) is 0. The number of nitrogens with one attached hydrogen (secondary N) is 1. The zero-order valence-electron chi connectivity index (χ0n) is 12.7. The quantitative estimate of drug-likeness (QED) is 0.747. The van der Waals surface area contributed by atoms with E-state index < -0.39 is 10.8 Å². The third kappa shape index (κ3) is 3.29. The Morgan fingerprint density at radius 1 is 1.14 bits per heavy atom. The lowest BCUT2D eigenvalue weighted by Crippen LogP contribution is -2.17. The van der Waals surface area contributed by atoms with Crippen LogP contribution in [0.15, 0.2) is 58.8 Å². The summed E-state index contributed by atoms with van der Waals surface area (Å²) in [7, 11) is -0.909. The minimum atomic E-state index is -0.909. The molecule has 0 radical (unpaired) electrons. The minimum absolute atomic E-state index is 0.302. The van der Waals surface area contributed by atoms with Gasteiger partial charge in [-0.3, -0.25) is 4.21 Å². The van der Waals surface area contributed by atoms with E-state index in [-0.39, 0.29) is 0 Å². The highest BCUT2D eigenvalue weighted by Crippen LogP contribution is 2.30. The average Bonchev–Trinajstić information content (AvgIpc) is 2.97. The predicted molar refractivity (Wildman–Crippen MR) is 95.9 cm³/mol. The maximum Gasteiger partial charge on any atom is 0.0498 e. The Morgan fingerprint density at radius 2 is 1.86 bits per heavy atom. The van der Waals surface area contributed by atoms with Gasteiger partial charge in [-0.2, -0.15) is 0 Å². The molecule has 1 heterocycles. The summed E-state index contributed by atoms with van der Waals surface area (Å²) >= 11 is 1.80. The number of hydrogen-bond acceptors (Lipinski definition) is 3. The van der Waals surface area contributed by atoms with Gasteiger partial charge in [-0.1, -0.05) is 30.3 Å². The van der Waals surface area contributed by atoms with Crippen molar-refractivity contribution in [3.8, 4) is 0 Å². The molecule has 2 nitrogen and oxygen atoms in total. The smallest absolute Gasteiger partial charge is 0.0498 e. The molecule has 0 spiro atoms. The van der Waals surface area contributed by atoms with Gasteiger partial charge in [0.15, 0.2) is 0 Å². The lowest BCUT2D eigenvalue weighted by molar-refractivity contribution is 0.579. The van der Waals surface area contributed by atoms with Crippen LogP contribution in [0.3, 0.4) is 0 Å². The number of thiophene rings is 1. The Balaban J connectivity index is 1.69. The molecular weight excluding hydrogens is 310 g/mol. The van der Waals surface area contributed by atoms with E-state index in [4.69, 9.17) is 0 Å². The van der Waals surface area contributed by atoms with Crippen molar-refractivity contribution in [1.82, 2.24) is 5.32 Å². The van der Waals surface area contributed by atoms with Gasteiger partial charge >= 0.3 is 0 Å². The molecule has 0 unspecified atom stereocenters. The maximum atomic E-state index is 11.4. The second-order valence-corrected chi connectivity index (χ2v) is 7.68. The Hall–Kier alpha value is -1.49. The van der Waals surface area contributed by atoms with Crippen molar-refractivity contribution in [2.75, 3.05) is 6.26 Å². The highest BCUT2D eigenvalue weighted by atomic mass is 32.2. The van der Waals surface area contributed by atoms with Gasteiger partial charge in [-0.05, 0) is 47.0 Å². The van der Waals surface area contributed by atoms with Crippen LogP contribution < -0.4 is 5.32 Å². The van der Waals surface area contributed by atoms with Crippen LogP contribution >= 0.6 is 11.3 Å². The summed E-state index contributed by atoms with van der Waals surface area (Å²) in [6, 6.07) is 16.8. The Kier molecular flexibility index (Phi) is 4.71. The molecule has 0 aliphatic heterocycles. The second-order valence-electron chi connectivity index (χ2n) is 5.39. The molecule has 0 fully saturated rings. The fraction of sp³-hybridized carbons (Fsp3) is 0.222. The summed E-state index contributed by atoms with van der Waals surface area (Å²) in [5.41, 5.74) is 2.56. The molecule has 2 aromatic carbocycles. The van der Waals surface area contributed by atoms with Crippen LogP contribution in [0, 0.1) is 0 Å². The van der Waals surface area contributed by atoms with Crippen molar-refractivity contribution in [3.63, 3.8) is 0 Å². The summed E-state index contributed by atoms with van der Waals surface area (Å²) in [5, 5.41) is 7.15. The fourth-order valence-corrected chi connectivity index (χ4v) is 4.09. The van der Waals surface area contributed by atoms with Crippen LogP contribution in [0.2, 0.25) is 0 Å². The second kappa shape index (κ2) is 6.73. The van der Waals surface area contributed by atoms with Crippen molar-refractivity contribution >= 4 is 32.2 Å². The molecule has 0 saturated carbocycles. The van der Waals surface area contributed by atoms with Crippen LogP contribution in [-0.2, 0) is 17.3 Å². The largest absolute Gasteiger partial charge is 0.306 e. The van der Waals surface area contributed by atoms with E-state index in [1.807, 2.05) is 24.3 Å². The molecule has 1 N–H and O–H groups in total. The molecule has 3 rings (SSSR count). The van der Waals surface area contributed by atoms with Gasteiger partial charge in [-0.25, -0.2) is 0 Å². The van der Waals surface area contributed by atoms with Gasteiger partial charge in [0.2, 0.25) is 0 Å². The fourth-order valence-electron chi connectivity index (χ4n) is 2.51. The first-order valence-electron chi connectivity index (χ1n) is 7.27. The van der Waals surface area contributed by atoms with Crippen molar-refractivity contribution in [2.45, 2.75) is 24.4 Å². The minimum Gasteiger partial charge on any atom is -0.306 e. The Morgan fingerprint density at radius 3 is 2.59 bits per heavy atom. The molecular formula is C18H19NOS2. The molecule has 1 aromatic heterocycles. The van der Waals surface area contributed by atoms with Crippen LogP contribution in [0.1, 0.15) is 24.1 Å². The van der Waals surface area contributed by atoms with E-state index in [9.17, 15) is 4.21 Å². The van der Waals surface area contributed by atoms with Gasteiger partial charge in [0.25, 0.3) is 0 Å². The molecule has 114 valence electrons. The van der Waals surface area contributed by atoms with Gasteiger partial charge in [0.1, 0.15) is 0 Å². The highest BCUT2D eigenvalue weighted by Gasteiger charge is 2.10. The molecule has 0 aliphatic carbocycles. The topological polar surface area (TPSA) is 29.1 Å². The SMILES string of the molecule is C[C@H](NCc1ccc([S@@](C)=O)cc1)c1csc2ccccc12. The molecule has 0 bridgehead atoms. The van der Waals surface area contributed by atoms with E-state index >= 15 is 0 Å². The van der Waals surface area contributed by atoms with Crippen molar-refractivity contribution in [2.24, 2.45) is 0 Å². The highest BCUT2D eigenvalue weighted by molar-refractivity contribution is 7.84.